The highest BCUT2D eigenvalue weighted by atomic mass is 35.5. The monoisotopic (exact) mass is 262 g/mol. The third kappa shape index (κ3) is 3.77. The zero-order valence-corrected chi connectivity index (χ0v) is 11.7. The Labute approximate surface area is 107 Å². The van der Waals surface area contributed by atoms with Gasteiger partial charge in [0, 0.05) is 9.75 Å². The lowest BCUT2D eigenvalue weighted by Gasteiger charge is -2.15. The molecule has 92 valence electrons. The van der Waals surface area contributed by atoms with Crippen molar-refractivity contribution < 1.29 is 4.79 Å². The average Bonchev–Trinajstić information content (AvgIpc) is 2.44. The summed E-state index contributed by atoms with van der Waals surface area (Å²) in [4.78, 5) is 13.9. The second-order valence-corrected chi connectivity index (χ2v) is 5.35. The molecule has 16 heavy (non-hydrogen) atoms. The van der Waals surface area contributed by atoms with Crippen LogP contribution < -0.4 is 11.1 Å². The Balaban J connectivity index is 0.00000225. The Bertz CT molecular complexity index is 363. The summed E-state index contributed by atoms with van der Waals surface area (Å²) in [5.41, 5.74) is 6.68. The minimum absolute atomic E-state index is 0. The van der Waals surface area contributed by atoms with Crippen molar-refractivity contribution in [2.24, 2.45) is 5.73 Å². The number of thiophene rings is 1. The van der Waals surface area contributed by atoms with Crippen LogP contribution in [0.2, 0.25) is 0 Å². The van der Waals surface area contributed by atoms with Crippen LogP contribution in [0, 0.1) is 13.8 Å². The van der Waals surface area contributed by atoms with E-state index in [0.29, 0.717) is 0 Å². The van der Waals surface area contributed by atoms with Crippen LogP contribution in [0.15, 0.2) is 6.07 Å². The number of hydrogen-bond acceptors (Lipinski definition) is 3. The van der Waals surface area contributed by atoms with Crippen molar-refractivity contribution in [2.75, 3.05) is 0 Å². The molecule has 0 fully saturated rings. The molecule has 1 heterocycles. The summed E-state index contributed by atoms with van der Waals surface area (Å²) in [5.74, 6) is -0.106. The van der Waals surface area contributed by atoms with E-state index >= 15 is 0 Å². The average molecular weight is 263 g/mol. The van der Waals surface area contributed by atoms with Gasteiger partial charge in [0.1, 0.15) is 0 Å². The van der Waals surface area contributed by atoms with Gasteiger partial charge in [0.25, 0.3) is 0 Å². The third-order valence-corrected chi connectivity index (χ3v) is 3.30. The second-order valence-electron chi connectivity index (χ2n) is 3.89. The highest BCUT2D eigenvalue weighted by Crippen LogP contribution is 2.25. The first-order valence-corrected chi connectivity index (χ1v) is 5.86. The fourth-order valence-corrected chi connectivity index (χ4v) is 2.53. The molecule has 0 aliphatic carbocycles. The summed E-state index contributed by atoms with van der Waals surface area (Å²) < 4.78 is 0. The van der Waals surface area contributed by atoms with Gasteiger partial charge < -0.3 is 11.1 Å². The van der Waals surface area contributed by atoms with Crippen molar-refractivity contribution in [2.45, 2.75) is 39.8 Å². The van der Waals surface area contributed by atoms with E-state index in [4.69, 9.17) is 5.73 Å². The van der Waals surface area contributed by atoms with Crippen molar-refractivity contribution >= 4 is 29.7 Å². The number of carbonyl (C=O) groups excluding carboxylic acids is 1. The molecule has 0 aromatic carbocycles. The first-order chi connectivity index (χ1) is 6.91. The summed E-state index contributed by atoms with van der Waals surface area (Å²) >= 11 is 1.75. The highest BCUT2D eigenvalue weighted by molar-refractivity contribution is 7.12. The van der Waals surface area contributed by atoms with Crippen LogP contribution >= 0.6 is 23.7 Å². The molecule has 3 nitrogen and oxygen atoms in total. The molecule has 0 saturated heterocycles. The van der Waals surface area contributed by atoms with E-state index in [-0.39, 0.29) is 24.4 Å². The molecular weight excluding hydrogens is 244 g/mol. The van der Waals surface area contributed by atoms with Gasteiger partial charge in [-0.1, -0.05) is 0 Å². The van der Waals surface area contributed by atoms with E-state index in [0.717, 1.165) is 0 Å². The molecule has 2 atom stereocenters. The van der Waals surface area contributed by atoms with E-state index in [2.05, 4.69) is 25.2 Å². The number of hydrogen-bond donors (Lipinski definition) is 2. The zero-order chi connectivity index (χ0) is 11.6. The van der Waals surface area contributed by atoms with E-state index in [9.17, 15) is 4.79 Å². The molecule has 1 rings (SSSR count). The van der Waals surface area contributed by atoms with Crippen LogP contribution in [-0.4, -0.2) is 11.9 Å². The Kier molecular flexibility index (Phi) is 6.00. The van der Waals surface area contributed by atoms with Crippen LogP contribution in [0.5, 0.6) is 0 Å². The summed E-state index contributed by atoms with van der Waals surface area (Å²) in [7, 11) is 0. The molecule has 1 aromatic heterocycles. The van der Waals surface area contributed by atoms with Gasteiger partial charge in [-0.05, 0) is 39.3 Å². The largest absolute Gasteiger partial charge is 0.348 e. The molecule has 2 unspecified atom stereocenters. The maximum Gasteiger partial charge on any atom is 0.237 e. The van der Waals surface area contributed by atoms with E-state index < -0.39 is 6.04 Å². The quantitative estimate of drug-likeness (QED) is 0.878. The lowest BCUT2D eigenvalue weighted by Crippen LogP contribution is -2.39. The maximum atomic E-state index is 11.4. The molecule has 0 radical (unpaired) electrons. The molecule has 1 amide bonds. The predicted octanol–water partition coefficient (Wildman–Crippen LogP) is 2.31. The fraction of sp³-hybridized carbons (Fsp3) is 0.545. The number of carbonyl (C=O) groups is 1. The minimum Gasteiger partial charge on any atom is -0.348 e. The Hall–Kier alpha value is -0.580. The standard InChI is InChI=1S/C11H18N2OS.ClH/c1-6-5-10(9(4)15-6)8(3)13-11(14)7(2)12;/h5,7-8H,12H2,1-4H3,(H,13,14);1H. The van der Waals surface area contributed by atoms with E-state index in [1.807, 2.05) is 6.92 Å². The normalized spacial score (nSPS) is 13.8. The first-order valence-electron chi connectivity index (χ1n) is 5.04. The maximum absolute atomic E-state index is 11.4. The van der Waals surface area contributed by atoms with Gasteiger partial charge in [-0.25, -0.2) is 0 Å². The minimum atomic E-state index is -0.451. The van der Waals surface area contributed by atoms with Gasteiger partial charge in [0.2, 0.25) is 5.91 Å². The fourth-order valence-electron chi connectivity index (χ4n) is 1.50. The van der Waals surface area contributed by atoms with Crippen LogP contribution in [0.25, 0.3) is 0 Å². The molecule has 0 aliphatic heterocycles. The van der Waals surface area contributed by atoms with Crippen LogP contribution in [0.3, 0.4) is 0 Å². The summed E-state index contributed by atoms with van der Waals surface area (Å²) in [5, 5.41) is 2.89. The number of rotatable bonds is 3. The number of halogens is 1. The van der Waals surface area contributed by atoms with Crippen molar-refractivity contribution in [3.63, 3.8) is 0 Å². The van der Waals surface area contributed by atoms with Crippen molar-refractivity contribution in [3.05, 3.63) is 21.4 Å². The lowest BCUT2D eigenvalue weighted by molar-refractivity contribution is -0.122. The number of nitrogens with two attached hydrogens (primary N) is 1. The SMILES string of the molecule is Cc1cc(C(C)NC(=O)C(C)N)c(C)s1.Cl. The molecule has 0 bridgehead atoms. The van der Waals surface area contributed by atoms with Crippen LogP contribution in [0.1, 0.15) is 35.2 Å². The van der Waals surface area contributed by atoms with Crippen LogP contribution in [0.4, 0.5) is 0 Å². The predicted molar refractivity (Wildman–Crippen MR) is 71.2 cm³/mol. The Morgan fingerprint density at radius 1 is 1.44 bits per heavy atom. The van der Waals surface area contributed by atoms with Gasteiger partial charge in [-0.2, -0.15) is 0 Å². The number of amides is 1. The summed E-state index contributed by atoms with van der Waals surface area (Å²) in [6, 6.07) is 1.70. The molecule has 3 N–H and O–H groups in total. The molecule has 5 heteroatoms. The molecule has 0 spiro atoms. The Morgan fingerprint density at radius 3 is 2.38 bits per heavy atom. The highest BCUT2D eigenvalue weighted by Gasteiger charge is 2.15. The smallest absolute Gasteiger partial charge is 0.237 e. The van der Waals surface area contributed by atoms with Gasteiger partial charge in [0.05, 0.1) is 12.1 Å². The van der Waals surface area contributed by atoms with Crippen molar-refractivity contribution in [1.29, 1.82) is 0 Å². The lowest BCUT2D eigenvalue weighted by atomic mass is 10.1. The van der Waals surface area contributed by atoms with Gasteiger partial charge in [-0.15, -0.1) is 23.7 Å². The summed E-state index contributed by atoms with van der Waals surface area (Å²) in [6.07, 6.45) is 0. The van der Waals surface area contributed by atoms with Gasteiger partial charge >= 0.3 is 0 Å². The first kappa shape index (κ1) is 15.4. The summed E-state index contributed by atoms with van der Waals surface area (Å²) in [6.45, 7) is 7.81. The van der Waals surface area contributed by atoms with Crippen molar-refractivity contribution in [3.8, 4) is 0 Å². The Morgan fingerprint density at radius 2 is 2.00 bits per heavy atom. The topological polar surface area (TPSA) is 55.1 Å². The molecular formula is C11H19ClN2OS. The van der Waals surface area contributed by atoms with Gasteiger partial charge in [-0.3, -0.25) is 4.79 Å². The van der Waals surface area contributed by atoms with Crippen LogP contribution in [-0.2, 0) is 4.79 Å². The zero-order valence-electron chi connectivity index (χ0n) is 10.0. The third-order valence-electron chi connectivity index (χ3n) is 2.32. The van der Waals surface area contributed by atoms with Crippen molar-refractivity contribution in [1.82, 2.24) is 5.32 Å². The molecule has 0 aliphatic rings. The van der Waals surface area contributed by atoms with Gasteiger partial charge in [0.15, 0.2) is 0 Å². The number of nitrogens with one attached hydrogen (secondary N) is 1. The second kappa shape index (κ2) is 6.23. The molecule has 0 saturated carbocycles. The number of aryl methyl sites for hydroxylation is 2. The molecule has 1 aromatic rings. The van der Waals surface area contributed by atoms with E-state index in [1.165, 1.54) is 15.3 Å². The van der Waals surface area contributed by atoms with E-state index in [1.54, 1.807) is 18.3 Å².